The third-order valence-corrected chi connectivity index (χ3v) is 7.17. The van der Waals surface area contributed by atoms with E-state index in [2.05, 4.69) is 21.2 Å². The number of nitrogens with zero attached hydrogens (tertiary/aromatic N) is 2. The molecule has 1 unspecified atom stereocenters. The Morgan fingerprint density at radius 3 is 2.44 bits per heavy atom. The molecule has 0 aliphatic rings. The van der Waals surface area contributed by atoms with Crippen molar-refractivity contribution in [1.82, 2.24) is 10.2 Å². The number of carbonyl (C=O) groups is 2. The largest absolute Gasteiger partial charge is 0.354 e. The van der Waals surface area contributed by atoms with Gasteiger partial charge < -0.3 is 10.2 Å². The lowest BCUT2D eigenvalue weighted by Crippen LogP contribution is -2.47. The van der Waals surface area contributed by atoms with Crippen LogP contribution in [0.25, 0.3) is 0 Å². The van der Waals surface area contributed by atoms with Crippen LogP contribution in [0.2, 0.25) is 0 Å². The summed E-state index contributed by atoms with van der Waals surface area (Å²) < 4.78 is 27.1. The van der Waals surface area contributed by atoms with Gasteiger partial charge in [0.2, 0.25) is 21.8 Å². The molecular weight excluding hydrogens is 518 g/mol. The van der Waals surface area contributed by atoms with Gasteiger partial charge in [-0.3, -0.25) is 13.9 Å². The predicted octanol–water partition coefficient (Wildman–Crippen LogP) is 4.25. The predicted molar refractivity (Wildman–Crippen MR) is 140 cm³/mol. The Labute approximate surface area is 211 Å². The molecule has 7 nitrogen and oxygen atoms in total. The molecule has 0 spiro atoms. The maximum Gasteiger partial charge on any atom is 0.242 e. The zero-order valence-corrected chi connectivity index (χ0v) is 22.7. The van der Waals surface area contributed by atoms with Crippen LogP contribution in [-0.4, -0.2) is 50.5 Å². The summed E-state index contributed by atoms with van der Waals surface area (Å²) in [4.78, 5) is 27.5. The van der Waals surface area contributed by atoms with Crippen molar-refractivity contribution in [2.24, 2.45) is 0 Å². The van der Waals surface area contributed by atoms with Crippen LogP contribution < -0.4 is 9.62 Å². The summed E-state index contributed by atoms with van der Waals surface area (Å²) in [5.74, 6) is -0.403. The van der Waals surface area contributed by atoms with Crippen molar-refractivity contribution >= 4 is 43.5 Å². The van der Waals surface area contributed by atoms with Crippen molar-refractivity contribution in [2.45, 2.75) is 52.6 Å². The highest BCUT2D eigenvalue weighted by Gasteiger charge is 2.26. The van der Waals surface area contributed by atoms with E-state index in [-0.39, 0.29) is 31.3 Å². The standard InChI is InChI=1S/C25H34BrN3O4S/c1-5-15-27-25(31)20(3)28(18-21-11-8-12-22(26)17-21)24(30)14-9-16-29(34(4,32)33)23-13-7-6-10-19(23)2/h6-8,10-13,17,20H,5,9,14-16,18H2,1-4H3,(H,27,31). The zero-order valence-electron chi connectivity index (χ0n) is 20.3. The number of anilines is 1. The molecule has 34 heavy (non-hydrogen) atoms. The molecule has 0 bridgehead atoms. The van der Waals surface area contributed by atoms with Gasteiger partial charge in [0, 0.05) is 30.5 Å². The van der Waals surface area contributed by atoms with E-state index in [9.17, 15) is 18.0 Å². The van der Waals surface area contributed by atoms with Gasteiger partial charge in [-0.2, -0.15) is 0 Å². The molecule has 0 heterocycles. The molecule has 0 aliphatic heterocycles. The van der Waals surface area contributed by atoms with Crippen molar-refractivity contribution in [3.63, 3.8) is 0 Å². The summed E-state index contributed by atoms with van der Waals surface area (Å²) >= 11 is 3.45. The van der Waals surface area contributed by atoms with E-state index in [1.807, 2.05) is 50.2 Å². The SMILES string of the molecule is CCCNC(=O)C(C)N(Cc1cccc(Br)c1)C(=O)CCCN(c1ccccc1C)S(C)(=O)=O. The van der Waals surface area contributed by atoms with Crippen molar-refractivity contribution in [1.29, 1.82) is 0 Å². The molecule has 2 aromatic rings. The number of halogens is 1. The lowest BCUT2D eigenvalue weighted by Gasteiger charge is -2.29. The second-order valence-corrected chi connectivity index (χ2v) is 11.2. The molecule has 2 rings (SSSR count). The van der Waals surface area contributed by atoms with Gasteiger partial charge in [0.1, 0.15) is 6.04 Å². The lowest BCUT2D eigenvalue weighted by atomic mass is 10.1. The van der Waals surface area contributed by atoms with Gasteiger partial charge >= 0.3 is 0 Å². The summed E-state index contributed by atoms with van der Waals surface area (Å²) in [5.41, 5.74) is 2.35. The van der Waals surface area contributed by atoms with E-state index >= 15 is 0 Å². The number of sulfonamides is 1. The quantitative estimate of drug-likeness (QED) is 0.427. The number of nitrogens with one attached hydrogen (secondary N) is 1. The number of aryl methyl sites for hydroxylation is 1. The summed E-state index contributed by atoms with van der Waals surface area (Å²) in [7, 11) is -3.51. The van der Waals surface area contributed by atoms with Crippen LogP contribution in [0.1, 0.15) is 44.2 Å². The first-order valence-electron chi connectivity index (χ1n) is 11.4. The molecule has 2 aromatic carbocycles. The van der Waals surface area contributed by atoms with E-state index in [0.29, 0.717) is 18.7 Å². The molecule has 0 fully saturated rings. The Hall–Kier alpha value is -2.39. The molecule has 0 radical (unpaired) electrons. The van der Waals surface area contributed by atoms with Crippen LogP contribution in [0.15, 0.2) is 53.0 Å². The van der Waals surface area contributed by atoms with Gasteiger partial charge in [0.25, 0.3) is 0 Å². The normalized spacial score (nSPS) is 12.1. The average molecular weight is 553 g/mol. The average Bonchev–Trinajstić information content (AvgIpc) is 2.78. The van der Waals surface area contributed by atoms with Gasteiger partial charge in [-0.1, -0.05) is 53.2 Å². The number of benzene rings is 2. The van der Waals surface area contributed by atoms with Gasteiger partial charge in [0.15, 0.2) is 0 Å². The summed E-state index contributed by atoms with van der Waals surface area (Å²) in [5, 5.41) is 2.86. The minimum atomic E-state index is -3.51. The Kier molecular flexibility index (Phi) is 10.6. The fraction of sp³-hybridized carbons (Fsp3) is 0.440. The molecule has 0 aromatic heterocycles. The highest BCUT2D eigenvalue weighted by atomic mass is 79.9. The smallest absolute Gasteiger partial charge is 0.242 e. The summed E-state index contributed by atoms with van der Waals surface area (Å²) in [6.07, 6.45) is 2.43. The van der Waals surface area contributed by atoms with Crippen LogP contribution in [0.3, 0.4) is 0 Å². The van der Waals surface area contributed by atoms with E-state index in [1.54, 1.807) is 24.0 Å². The number of para-hydroxylation sites is 1. The van der Waals surface area contributed by atoms with E-state index < -0.39 is 16.1 Å². The molecular formula is C25H34BrN3O4S. The lowest BCUT2D eigenvalue weighted by molar-refractivity contribution is -0.140. The highest BCUT2D eigenvalue weighted by molar-refractivity contribution is 9.10. The number of rotatable bonds is 12. The first-order valence-corrected chi connectivity index (χ1v) is 14.0. The van der Waals surface area contributed by atoms with E-state index in [4.69, 9.17) is 0 Å². The van der Waals surface area contributed by atoms with Crippen LogP contribution in [0.5, 0.6) is 0 Å². The maximum atomic E-state index is 13.3. The molecule has 0 aliphatic carbocycles. The molecule has 1 N–H and O–H groups in total. The molecule has 0 saturated heterocycles. The Balaban J connectivity index is 2.16. The second-order valence-electron chi connectivity index (χ2n) is 8.34. The van der Waals surface area contributed by atoms with Crippen molar-refractivity contribution in [3.8, 4) is 0 Å². The van der Waals surface area contributed by atoms with Gasteiger partial charge in [0.05, 0.1) is 11.9 Å². The fourth-order valence-corrected chi connectivity index (χ4v) is 5.11. The fourth-order valence-electron chi connectivity index (χ4n) is 3.64. The zero-order chi connectivity index (χ0) is 25.3. The number of amides is 2. The molecule has 0 saturated carbocycles. The molecule has 2 amide bonds. The van der Waals surface area contributed by atoms with E-state index in [1.165, 1.54) is 10.6 Å². The van der Waals surface area contributed by atoms with E-state index in [0.717, 1.165) is 22.0 Å². The van der Waals surface area contributed by atoms with Crippen LogP contribution in [0, 0.1) is 6.92 Å². The molecule has 186 valence electrons. The van der Waals surface area contributed by atoms with Crippen LogP contribution in [-0.2, 0) is 26.2 Å². The first-order chi connectivity index (χ1) is 16.0. The molecule has 1 atom stereocenters. The van der Waals surface area contributed by atoms with Gasteiger partial charge in [-0.05, 0) is 56.0 Å². The Morgan fingerprint density at radius 2 is 1.82 bits per heavy atom. The maximum absolute atomic E-state index is 13.3. The number of hydrogen-bond donors (Lipinski definition) is 1. The summed E-state index contributed by atoms with van der Waals surface area (Å²) in [6.45, 7) is 6.55. The van der Waals surface area contributed by atoms with Crippen LogP contribution in [0.4, 0.5) is 5.69 Å². The summed E-state index contributed by atoms with van der Waals surface area (Å²) in [6, 6.07) is 14.2. The van der Waals surface area contributed by atoms with Gasteiger partial charge in [-0.25, -0.2) is 8.42 Å². The Morgan fingerprint density at radius 1 is 1.12 bits per heavy atom. The minimum Gasteiger partial charge on any atom is -0.354 e. The van der Waals surface area contributed by atoms with Crippen molar-refractivity contribution in [2.75, 3.05) is 23.7 Å². The minimum absolute atomic E-state index is 0.122. The van der Waals surface area contributed by atoms with Gasteiger partial charge in [-0.15, -0.1) is 0 Å². The third kappa shape index (κ3) is 8.13. The highest BCUT2D eigenvalue weighted by Crippen LogP contribution is 2.23. The number of carbonyl (C=O) groups excluding carboxylic acids is 2. The Bertz CT molecular complexity index is 1090. The number of hydrogen-bond acceptors (Lipinski definition) is 4. The van der Waals surface area contributed by atoms with Crippen molar-refractivity contribution in [3.05, 3.63) is 64.1 Å². The van der Waals surface area contributed by atoms with Crippen LogP contribution >= 0.6 is 15.9 Å². The third-order valence-electron chi connectivity index (χ3n) is 5.49. The second kappa shape index (κ2) is 12.9. The monoisotopic (exact) mass is 551 g/mol. The van der Waals surface area contributed by atoms with Crippen molar-refractivity contribution < 1.29 is 18.0 Å². The topological polar surface area (TPSA) is 86.8 Å². The molecule has 9 heteroatoms. The first kappa shape index (κ1) is 27.9.